The summed E-state index contributed by atoms with van der Waals surface area (Å²) in [4.78, 5) is 28.7. The molecule has 3 rings (SSSR count). The van der Waals surface area contributed by atoms with E-state index < -0.39 is 18.2 Å². The van der Waals surface area contributed by atoms with Crippen molar-refractivity contribution in [3.8, 4) is 0 Å². The minimum Gasteiger partial charge on any atom is -0.465 e. The standard InChI is InChI=1S/C24H28N2O6/c1-3-31-24-19(7-5-13-27)20(16-8-10-17(11-9-16)23(29)30-2)14-21(32-24)22(28)26-18-6-4-12-25-15-18/h4,6,8-12,14-15,19-20,24,27H,3,5,7,13H2,1-2H3,(H,26,28)/t19-,20-,24-/m1/s1. The summed E-state index contributed by atoms with van der Waals surface area (Å²) >= 11 is 0. The Kier molecular flexibility index (Phi) is 8.35. The third-order valence-corrected chi connectivity index (χ3v) is 5.27. The molecule has 0 aliphatic carbocycles. The summed E-state index contributed by atoms with van der Waals surface area (Å²) in [5.74, 6) is -1.01. The first-order valence-corrected chi connectivity index (χ1v) is 10.6. The molecule has 1 amide bonds. The van der Waals surface area contributed by atoms with Crippen molar-refractivity contribution in [3.63, 3.8) is 0 Å². The summed E-state index contributed by atoms with van der Waals surface area (Å²) in [7, 11) is 1.34. The van der Waals surface area contributed by atoms with Gasteiger partial charge in [-0.15, -0.1) is 0 Å². The number of benzene rings is 1. The maximum Gasteiger partial charge on any atom is 0.337 e. The number of aliphatic hydroxyl groups excluding tert-OH is 1. The zero-order valence-corrected chi connectivity index (χ0v) is 18.2. The molecular weight excluding hydrogens is 412 g/mol. The predicted molar refractivity (Wildman–Crippen MR) is 118 cm³/mol. The lowest BCUT2D eigenvalue weighted by Crippen LogP contribution is -2.37. The van der Waals surface area contributed by atoms with Gasteiger partial charge in [-0.3, -0.25) is 9.78 Å². The molecule has 0 unspecified atom stereocenters. The molecule has 0 fully saturated rings. The number of pyridine rings is 1. The van der Waals surface area contributed by atoms with Gasteiger partial charge in [-0.05, 0) is 55.7 Å². The van der Waals surface area contributed by atoms with Gasteiger partial charge in [-0.25, -0.2) is 4.79 Å². The first-order valence-electron chi connectivity index (χ1n) is 10.6. The number of allylic oxidation sites excluding steroid dienone is 1. The molecule has 2 heterocycles. The van der Waals surface area contributed by atoms with Crippen LogP contribution >= 0.6 is 0 Å². The molecule has 0 saturated carbocycles. The molecule has 0 spiro atoms. The molecule has 3 atom stereocenters. The first kappa shape index (κ1) is 23.4. The van der Waals surface area contributed by atoms with Crippen molar-refractivity contribution in [3.05, 3.63) is 71.8 Å². The second-order valence-corrected chi connectivity index (χ2v) is 7.34. The van der Waals surface area contributed by atoms with Gasteiger partial charge in [0.1, 0.15) is 0 Å². The number of aliphatic hydroxyl groups is 1. The predicted octanol–water partition coefficient (Wildman–Crippen LogP) is 3.26. The molecule has 1 aliphatic heterocycles. The number of ether oxygens (including phenoxy) is 3. The van der Waals surface area contributed by atoms with Crippen LogP contribution in [0, 0.1) is 5.92 Å². The highest BCUT2D eigenvalue weighted by Crippen LogP contribution is 2.39. The van der Waals surface area contributed by atoms with E-state index in [4.69, 9.17) is 14.2 Å². The van der Waals surface area contributed by atoms with E-state index in [1.807, 2.05) is 19.1 Å². The van der Waals surface area contributed by atoms with E-state index in [1.54, 1.807) is 42.7 Å². The summed E-state index contributed by atoms with van der Waals surface area (Å²) in [5, 5.41) is 12.2. The molecule has 1 aromatic heterocycles. The molecular formula is C24H28N2O6. The Bertz CT molecular complexity index is 929. The summed E-state index contributed by atoms with van der Waals surface area (Å²) in [6.07, 6.45) is 5.50. The monoisotopic (exact) mass is 440 g/mol. The van der Waals surface area contributed by atoms with Crippen LogP contribution in [0.3, 0.4) is 0 Å². The SMILES string of the molecule is CCO[C@@H]1OC(C(=O)Nc2cccnc2)=C[C@H](c2ccc(C(=O)OC)cc2)[C@H]1CCCO. The topological polar surface area (TPSA) is 107 Å². The van der Waals surface area contributed by atoms with E-state index in [9.17, 15) is 14.7 Å². The van der Waals surface area contributed by atoms with Crippen LogP contribution in [0.15, 0.2) is 60.6 Å². The number of hydrogen-bond donors (Lipinski definition) is 2. The van der Waals surface area contributed by atoms with Crippen LogP contribution in [0.5, 0.6) is 0 Å². The van der Waals surface area contributed by atoms with E-state index >= 15 is 0 Å². The zero-order valence-electron chi connectivity index (χ0n) is 18.2. The van der Waals surface area contributed by atoms with Gasteiger partial charge in [-0.1, -0.05) is 12.1 Å². The Hall–Kier alpha value is -3.23. The maximum atomic E-state index is 12.9. The van der Waals surface area contributed by atoms with Gasteiger partial charge < -0.3 is 24.6 Å². The minimum absolute atomic E-state index is 0.0431. The van der Waals surface area contributed by atoms with Gasteiger partial charge in [-0.2, -0.15) is 0 Å². The average molecular weight is 440 g/mol. The number of carbonyl (C=O) groups is 2. The van der Waals surface area contributed by atoms with Crippen LogP contribution < -0.4 is 5.32 Å². The fourth-order valence-electron chi connectivity index (χ4n) is 3.73. The van der Waals surface area contributed by atoms with Crippen LogP contribution in [0.4, 0.5) is 5.69 Å². The van der Waals surface area contributed by atoms with E-state index in [2.05, 4.69) is 10.3 Å². The summed E-state index contributed by atoms with van der Waals surface area (Å²) in [5.41, 5.74) is 1.90. The van der Waals surface area contributed by atoms with Crippen molar-refractivity contribution in [1.82, 2.24) is 4.98 Å². The maximum absolute atomic E-state index is 12.9. The molecule has 0 radical (unpaired) electrons. The molecule has 0 bridgehead atoms. The number of esters is 1. The van der Waals surface area contributed by atoms with Gasteiger partial charge in [0.15, 0.2) is 5.76 Å². The second kappa shape index (κ2) is 11.4. The molecule has 8 heteroatoms. The average Bonchev–Trinajstić information content (AvgIpc) is 2.83. The summed E-state index contributed by atoms with van der Waals surface area (Å²) in [6, 6.07) is 10.5. The largest absolute Gasteiger partial charge is 0.465 e. The number of methoxy groups -OCH3 is 1. The minimum atomic E-state index is -0.656. The van der Waals surface area contributed by atoms with Crippen molar-refractivity contribution in [2.75, 3.05) is 25.6 Å². The number of amides is 1. The van der Waals surface area contributed by atoms with Gasteiger partial charge in [0.05, 0.1) is 24.6 Å². The third-order valence-electron chi connectivity index (χ3n) is 5.27. The number of nitrogens with zero attached hydrogens (tertiary/aromatic N) is 1. The summed E-state index contributed by atoms with van der Waals surface area (Å²) < 4.78 is 16.6. The molecule has 170 valence electrons. The van der Waals surface area contributed by atoms with E-state index in [0.717, 1.165) is 5.56 Å². The molecule has 1 aliphatic rings. The molecule has 32 heavy (non-hydrogen) atoms. The van der Waals surface area contributed by atoms with Gasteiger partial charge in [0.25, 0.3) is 5.91 Å². The van der Waals surface area contributed by atoms with E-state index in [-0.39, 0.29) is 24.2 Å². The Balaban J connectivity index is 1.94. The molecule has 8 nitrogen and oxygen atoms in total. The fourth-order valence-corrected chi connectivity index (χ4v) is 3.73. The van der Waals surface area contributed by atoms with Crippen LogP contribution in [0.25, 0.3) is 0 Å². The lowest BCUT2D eigenvalue weighted by molar-refractivity contribution is -0.165. The van der Waals surface area contributed by atoms with Gasteiger partial charge >= 0.3 is 5.97 Å². The van der Waals surface area contributed by atoms with Crippen molar-refractivity contribution < 1.29 is 28.9 Å². The fraction of sp³-hybridized carbons (Fsp3) is 0.375. The van der Waals surface area contributed by atoms with Crippen molar-refractivity contribution >= 4 is 17.6 Å². The van der Waals surface area contributed by atoms with Crippen molar-refractivity contribution in [2.24, 2.45) is 5.92 Å². The quantitative estimate of drug-likeness (QED) is 0.577. The van der Waals surface area contributed by atoms with Crippen molar-refractivity contribution in [1.29, 1.82) is 0 Å². The van der Waals surface area contributed by atoms with Crippen LogP contribution in [-0.4, -0.2) is 48.6 Å². The number of anilines is 1. The lowest BCUT2D eigenvalue weighted by atomic mass is 9.80. The highest BCUT2D eigenvalue weighted by Gasteiger charge is 2.37. The van der Waals surface area contributed by atoms with Gasteiger partial charge in [0.2, 0.25) is 6.29 Å². The van der Waals surface area contributed by atoms with Crippen LogP contribution in [-0.2, 0) is 19.0 Å². The molecule has 0 saturated heterocycles. The third kappa shape index (κ3) is 5.72. The number of nitrogens with one attached hydrogen (secondary N) is 1. The second-order valence-electron chi connectivity index (χ2n) is 7.34. The molecule has 2 N–H and O–H groups in total. The zero-order chi connectivity index (χ0) is 22.9. The number of hydrogen-bond acceptors (Lipinski definition) is 7. The van der Waals surface area contributed by atoms with Crippen LogP contribution in [0.2, 0.25) is 0 Å². The highest BCUT2D eigenvalue weighted by atomic mass is 16.7. The Morgan fingerprint density at radius 2 is 2.00 bits per heavy atom. The van der Waals surface area contributed by atoms with E-state index in [1.165, 1.54) is 7.11 Å². The van der Waals surface area contributed by atoms with Crippen molar-refractivity contribution in [2.45, 2.75) is 32.0 Å². The molecule has 2 aromatic rings. The van der Waals surface area contributed by atoms with E-state index in [0.29, 0.717) is 30.7 Å². The first-order chi connectivity index (χ1) is 15.6. The van der Waals surface area contributed by atoms with Gasteiger partial charge in [0, 0.05) is 31.2 Å². The molecule has 1 aromatic carbocycles. The smallest absolute Gasteiger partial charge is 0.337 e. The number of aromatic nitrogens is 1. The Morgan fingerprint density at radius 3 is 2.62 bits per heavy atom. The Labute approximate surface area is 187 Å². The Morgan fingerprint density at radius 1 is 1.22 bits per heavy atom. The van der Waals surface area contributed by atoms with Crippen LogP contribution in [0.1, 0.15) is 41.6 Å². The summed E-state index contributed by atoms with van der Waals surface area (Å²) in [6.45, 7) is 2.31. The normalized spacial score (nSPS) is 20.1. The lowest BCUT2D eigenvalue weighted by Gasteiger charge is -2.37. The number of carbonyl (C=O) groups excluding carboxylic acids is 2. The highest BCUT2D eigenvalue weighted by molar-refractivity contribution is 6.02. The number of rotatable bonds is 9.